The number of para-hydroxylation sites is 1. The molecule has 10 heteroatoms. The van der Waals surface area contributed by atoms with Gasteiger partial charge in [-0.25, -0.2) is 0 Å². The zero-order chi connectivity index (χ0) is 18.6. The molecule has 0 unspecified atom stereocenters. The number of hydrazone groups is 1. The zero-order valence-electron chi connectivity index (χ0n) is 13.1. The molecule has 0 bridgehead atoms. The summed E-state index contributed by atoms with van der Waals surface area (Å²) in [7, 11) is -4.26. The van der Waals surface area contributed by atoms with Crippen LogP contribution in [0.5, 0.6) is 11.5 Å². The van der Waals surface area contributed by atoms with Crippen molar-refractivity contribution >= 4 is 22.3 Å². The molecule has 0 aliphatic rings. The van der Waals surface area contributed by atoms with Crippen LogP contribution in [0.3, 0.4) is 0 Å². The van der Waals surface area contributed by atoms with Crippen LogP contribution in [-0.2, 0) is 14.4 Å². The Labute approximate surface area is 144 Å². The Morgan fingerprint density at radius 3 is 2.48 bits per heavy atom. The number of benzene rings is 2. The van der Waals surface area contributed by atoms with E-state index in [1.807, 2.05) is 0 Å². The first-order valence-electron chi connectivity index (χ1n) is 6.91. The molecule has 0 radical (unpaired) electrons. The van der Waals surface area contributed by atoms with Gasteiger partial charge in [-0.15, -0.1) is 9.39 Å². The third-order valence-corrected chi connectivity index (χ3v) is 4.22. The Morgan fingerprint density at radius 2 is 1.88 bits per heavy atom. The van der Waals surface area contributed by atoms with Crippen molar-refractivity contribution in [3.63, 3.8) is 0 Å². The Bertz CT molecular complexity index is 910. The van der Waals surface area contributed by atoms with Gasteiger partial charge in [-0.05, 0) is 31.2 Å². The van der Waals surface area contributed by atoms with Crippen molar-refractivity contribution in [2.75, 3.05) is 0 Å². The number of hydroxylamine groups is 1. The minimum atomic E-state index is -4.26. The molecule has 9 nitrogen and oxygen atoms in total. The van der Waals surface area contributed by atoms with Crippen LogP contribution >= 0.6 is 0 Å². The normalized spacial score (nSPS) is 11.6. The number of aryl methyl sites for hydroxylation is 1. The van der Waals surface area contributed by atoms with Crippen molar-refractivity contribution in [1.29, 1.82) is 5.41 Å². The molecule has 0 amide bonds. The lowest BCUT2D eigenvalue weighted by atomic mass is 10.2. The van der Waals surface area contributed by atoms with Gasteiger partial charge in [0.25, 0.3) is 0 Å². The van der Waals surface area contributed by atoms with Crippen LogP contribution in [-0.4, -0.2) is 36.0 Å². The van der Waals surface area contributed by atoms with Gasteiger partial charge in [0.15, 0.2) is 11.5 Å². The summed E-state index contributed by atoms with van der Waals surface area (Å²) in [5.41, 5.74) is 6.21. The summed E-state index contributed by atoms with van der Waals surface area (Å²) in [5.74, 6) is -1.64. The van der Waals surface area contributed by atoms with Gasteiger partial charge in [-0.3, -0.25) is 5.41 Å². The predicted molar refractivity (Wildman–Crippen MR) is 90.6 cm³/mol. The van der Waals surface area contributed by atoms with Crippen LogP contribution in [0.1, 0.15) is 11.1 Å². The van der Waals surface area contributed by atoms with Crippen molar-refractivity contribution in [3.8, 4) is 11.5 Å². The lowest BCUT2D eigenvalue weighted by molar-refractivity contribution is 0.0284. The average molecular weight is 364 g/mol. The summed E-state index contributed by atoms with van der Waals surface area (Å²) in [6.45, 7) is 1.80. The van der Waals surface area contributed by atoms with Gasteiger partial charge in [0.2, 0.25) is 5.96 Å². The van der Waals surface area contributed by atoms with E-state index < -0.39 is 21.8 Å². The second-order valence-electron chi connectivity index (χ2n) is 4.96. The molecular formula is C15H16N4O5S. The van der Waals surface area contributed by atoms with Gasteiger partial charge >= 0.3 is 10.1 Å². The summed E-state index contributed by atoms with van der Waals surface area (Å²) in [5, 5.41) is 30.4. The summed E-state index contributed by atoms with van der Waals surface area (Å²) in [6, 6.07) is 9.96. The highest BCUT2D eigenvalue weighted by Gasteiger charge is 2.21. The van der Waals surface area contributed by atoms with E-state index in [2.05, 4.69) is 5.10 Å². The molecule has 0 aliphatic carbocycles. The summed E-state index contributed by atoms with van der Waals surface area (Å²) in [6.07, 6.45) is 0.987. The van der Waals surface area contributed by atoms with E-state index in [0.717, 1.165) is 11.8 Å². The summed E-state index contributed by atoms with van der Waals surface area (Å²) >= 11 is 0. The number of hydrogen-bond donors (Lipinski definition) is 4. The standard InChI is InChI=1S/C15H16N4O5S/c1-10-5-7-12(8-6-10)25(22,23)24-19(15(16)17)18-9-11-3-2-4-13(20)14(11)21/h2-9,20-21H,1H3,(H3,16,17). The molecular weight excluding hydrogens is 348 g/mol. The molecule has 2 aromatic carbocycles. The average Bonchev–Trinajstić information content (AvgIpc) is 2.55. The first kappa shape index (κ1) is 18.2. The Kier molecular flexibility index (Phi) is 5.25. The molecule has 2 aromatic rings. The molecule has 0 aliphatic heterocycles. The molecule has 132 valence electrons. The molecule has 0 aromatic heterocycles. The minimum Gasteiger partial charge on any atom is -0.504 e. The maximum atomic E-state index is 12.2. The molecule has 0 atom stereocenters. The molecule has 0 saturated heterocycles. The monoisotopic (exact) mass is 364 g/mol. The van der Waals surface area contributed by atoms with Crippen LogP contribution in [0.2, 0.25) is 0 Å². The first-order chi connectivity index (χ1) is 11.7. The van der Waals surface area contributed by atoms with E-state index in [1.165, 1.54) is 30.3 Å². The van der Waals surface area contributed by atoms with E-state index in [1.54, 1.807) is 19.1 Å². The second-order valence-corrected chi connectivity index (χ2v) is 6.49. The number of aromatic hydroxyl groups is 2. The van der Waals surface area contributed by atoms with Crippen LogP contribution in [0, 0.1) is 12.3 Å². The van der Waals surface area contributed by atoms with Gasteiger partial charge in [0.1, 0.15) is 0 Å². The van der Waals surface area contributed by atoms with Crippen LogP contribution in [0.4, 0.5) is 0 Å². The molecule has 0 fully saturated rings. The summed E-state index contributed by atoms with van der Waals surface area (Å²) < 4.78 is 29.2. The fraction of sp³-hybridized carbons (Fsp3) is 0.0667. The molecule has 0 spiro atoms. The van der Waals surface area contributed by atoms with Crippen molar-refractivity contribution in [2.45, 2.75) is 11.8 Å². The Morgan fingerprint density at radius 1 is 1.24 bits per heavy atom. The first-order valence-corrected chi connectivity index (χ1v) is 8.32. The smallest absolute Gasteiger partial charge is 0.319 e. The summed E-state index contributed by atoms with van der Waals surface area (Å²) in [4.78, 5) is -0.139. The fourth-order valence-corrected chi connectivity index (χ4v) is 2.59. The topological polar surface area (TPSA) is 149 Å². The third-order valence-electron chi connectivity index (χ3n) is 3.03. The number of phenolic OH excluding ortho intramolecular Hbond substituents is 2. The zero-order valence-corrected chi connectivity index (χ0v) is 13.9. The SMILES string of the molecule is Cc1ccc(S(=O)(=O)ON(N=Cc2cccc(O)c2O)C(=N)N)cc1. The van der Waals surface area contributed by atoms with Crippen molar-refractivity contribution in [2.24, 2.45) is 10.8 Å². The van der Waals surface area contributed by atoms with Crippen molar-refractivity contribution in [3.05, 3.63) is 53.6 Å². The fourth-order valence-electron chi connectivity index (χ4n) is 1.73. The maximum Gasteiger partial charge on any atom is 0.319 e. The highest BCUT2D eigenvalue weighted by atomic mass is 32.2. The van der Waals surface area contributed by atoms with E-state index >= 15 is 0 Å². The lowest BCUT2D eigenvalue weighted by Crippen LogP contribution is -2.34. The molecule has 0 heterocycles. The van der Waals surface area contributed by atoms with Gasteiger partial charge in [-0.1, -0.05) is 28.9 Å². The second kappa shape index (κ2) is 7.20. The van der Waals surface area contributed by atoms with E-state index in [-0.39, 0.29) is 21.4 Å². The third kappa shape index (κ3) is 4.46. The molecule has 5 N–H and O–H groups in total. The highest BCUT2D eigenvalue weighted by Crippen LogP contribution is 2.26. The highest BCUT2D eigenvalue weighted by molar-refractivity contribution is 7.86. The number of rotatable bonds is 5. The number of nitrogens with zero attached hydrogens (tertiary/aromatic N) is 2. The van der Waals surface area contributed by atoms with Gasteiger partial charge in [-0.2, -0.15) is 8.42 Å². The quantitative estimate of drug-likeness (QED) is 0.270. The molecule has 2 rings (SSSR count). The van der Waals surface area contributed by atoms with Crippen LogP contribution in [0.15, 0.2) is 52.5 Å². The minimum absolute atomic E-state index is 0.0718. The van der Waals surface area contributed by atoms with Crippen molar-refractivity contribution < 1.29 is 22.9 Å². The van der Waals surface area contributed by atoms with Gasteiger partial charge in [0.05, 0.1) is 11.1 Å². The number of phenols is 2. The number of guanidine groups is 1. The lowest BCUT2D eigenvalue weighted by Gasteiger charge is -2.15. The van der Waals surface area contributed by atoms with Gasteiger partial charge < -0.3 is 15.9 Å². The Hall–Kier alpha value is -3.11. The van der Waals surface area contributed by atoms with Crippen LogP contribution in [0.25, 0.3) is 0 Å². The Balaban J connectivity index is 2.26. The number of nitrogens with two attached hydrogens (primary N) is 1. The molecule has 0 saturated carbocycles. The van der Waals surface area contributed by atoms with Crippen LogP contribution < -0.4 is 5.73 Å². The van der Waals surface area contributed by atoms with E-state index in [4.69, 9.17) is 15.4 Å². The van der Waals surface area contributed by atoms with Crippen molar-refractivity contribution in [1.82, 2.24) is 5.17 Å². The number of nitrogens with one attached hydrogen (secondary N) is 1. The van der Waals surface area contributed by atoms with Gasteiger partial charge in [0, 0.05) is 5.56 Å². The van der Waals surface area contributed by atoms with E-state index in [9.17, 15) is 18.6 Å². The molecule has 25 heavy (non-hydrogen) atoms. The van der Waals surface area contributed by atoms with E-state index in [0.29, 0.717) is 0 Å². The predicted octanol–water partition coefficient (Wildman–Crippen LogP) is 1.26. The maximum absolute atomic E-state index is 12.2. The largest absolute Gasteiger partial charge is 0.504 e. The number of hydrogen-bond acceptors (Lipinski definition) is 7.